The molecular formula is C16H26N2O2. The fourth-order valence-corrected chi connectivity index (χ4v) is 2.72. The number of hydrogen-bond donors (Lipinski definition) is 2. The van der Waals surface area contributed by atoms with Gasteiger partial charge in [0.25, 0.3) is 0 Å². The van der Waals surface area contributed by atoms with E-state index in [0.717, 1.165) is 38.4 Å². The molecule has 0 amide bonds. The lowest BCUT2D eigenvalue weighted by Crippen LogP contribution is -2.51. The van der Waals surface area contributed by atoms with Crippen molar-refractivity contribution in [2.45, 2.75) is 25.8 Å². The number of rotatable bonds is 6. The second kappa shape index (κ2) is 7.07. The maximum Gasteiger partial charge on any atom is 0.0604 e. The van der Waals surface area contributed by atoms with Gasteiger partial charge in [-0.25, -0.2) is 0 Å². The van der Waals surface area contributed by atoms with Gasteiger partial charge in [0.1, 0.15) is 0 Å². The Morgan fingerprint density at radius 1 is 1.20 bits per heavy atom. The van der Waals surface area contributed by atoms with Crippen molar-refractivity contribution in [3.8, 4) is 0 Å². The maximum atomic E-state index is 8.80. The van der Waals surface area contributed by atoms with E-state index >= 15 is 0 Å². The number of anilines is 1. The highest BCUT2D eigenvalue weighted by atomic mass is 16.5. The number of aliphatic hydroxyl groups is 1. The van der Waals surface area contributed by atoms with E-state index in [1.165, 1.54) is 5.56 Å². The molecule has 1 aromatic rings. The van der Waals surface area contributed by atoms with Gasteiger partial charge in [-0.3, -0.25) is 4.90 Å². The lowest BCUT2D eigenvalue weighted by Gasteiger charge is -2.41. The van der Waals surface area contributed by atoms with Crippen LogP contribution in [0.4, 0.5) is 5.69 Å². The van der Waals surface area contributed by atoms with E-state index in [2.05, 4.69) is 48.3 Å². The molecular weight excluding hydrogens is 252 g/mol. The lowest BCUT2D eigenvalue weighted by molar-refractivity contribution is -0.00984. The molecule has 1 fully saturated rings. The molecule has 1 aromatic carbocycles. The van der Waals surface area contributed by atoms with E-state index in [9.17, 15) is 0 Å². The summed E-state index contributed by atoms with van der Waals surface area (Å²) >= 11 is 0. The van der Waals surface area contributed by atoms with Gasteiger partial charge in [-0.15, -0.1) is 0 Å². The van der Waals surface area contributed by atoms with Crippen LogP contribution in [0, 0.1) is 0 Å². The van der Waals surface area contributed by atoms with Gasteiger partial charge >= 0.3 is 0 Å². The van der Waals surface area contributed by atoms with Crippen molar-refractivity contribution in [1.29, 1.82) is 0 Å². The Morgan fingerprint density at radius 3 is 2.45 bits per heavy atom. The Hall–Kier alpha value is -1.10. The first-order valence-electron chi connectivity index (χ1n) is 7.38. The van der Waals surface area contributed by atoms with Gasteiger partial charge in [-0.05, 0) is 38.0 Å². The molecule has 4 heteroatoms. The van der Waals surface area contributed by atoms with Crippen LogP contribution in [-0.2, 0) is 11.2 Å². The summed E-state index contributed by atoms with van der Waals surface area (Å²) < 4.78 is 5.43. The second-order valence-electron chi connectivity index (χ2n) is 5.94. The van der Waals surface area contributed by atoms with E-state index in [-0.39, 0.29) is 12.1 Å². The Kier molecular flexibility index (Phi) is 5.40. The zero-order valence-electron chi connectivity index (χ0n) is 12.6. The van der Waals surface area contributed by atoms with Crippen molar-refractivity contribution in [3.05, 3.63) is 29.8 Å². The Balaban J connectivity index is 1.94. The summed E-state index contributed by atoms with van der Waals surface area (Å²) in [7, 11) is 0. The molecule has 1 aliphatic rings. The van der Waals surface area contributed by atoms with E-state index in [1.807, 2.05) is 0 Å². The molecule has 1 saturated heterocycles. The molecule has 2 rings (SSSR count). The highest BCUT2D eigenvalue weighted by Gasteiger charge is 2.28. The van der Waals surface area contributed by atoms with Crippen LogP contribution in [0.5, 0.6) is 0 Å². The van der Waals surface area contributed by atoms with Gasteiger partial charge in [-0.2, -0.15) is 0 Å². The van der Waals surface area contributed by atoms with Gasteiger partial charge in [-0.1, -0.05) is 12.1 Å². The average molecular weight is 278 g/mol. The predicted molar refractivity (Wildman–Crippen MR) is 82.2 cm³/mol. The van der Waals surface area contributed by atoms with Crippen LogP contribution in [0.1, 0.15) is 19.4 Å². The van der Waals surface area contributed by atoms with Crippen LogP contribution < -0.4 is 5.32 Å². The predicted octanol–water partition coefficient (Wildman–Crippen LogP) is 1.74. The number of nitrogens with zero attached hydrogens (tertiary/aromatic N) is 1. The van der Waals surface area contributed by atoms with Crippen molar-refractivity contribution < 1.29 is 9.84 Å². The summed E-state index contributed by atoms with van der Waals surface area (Å²) in [6.07, 6.45) is 1.03. The van der Waals surface area contributed by atoms with E-state index in [1.54, 1.807) is 0 Å². The number of ether oxygens (including phenoxy) is 1. The van der Waals surface area contributed by atoms with E-state index in [4.69, 9.17) is 9.84 Å². The molecule has 0 aliphatic carbocycles. The van der Waals surface area contributed by atoms with Crippen LogP contribution in [0.15, 0.2) is 24.3 Å². The Bertz CT molecular complexity index is 397. The molecule has 2 N–H and O–H groups in total. The molecule has 0 bridgehead atoms. The summed E-state index contributed by atoms with van der Waals surface area (Å²) in [4.78, 5) is 2.51. The summed E-state index contributed by atoms with van der Waals surface area (Å²) in [6.45, 7) is 9.07. The van der Waals surface area contributed by atoms with E-state index in [0.29, 0.717) is 6.54 Å². The fourth-order valence-electron chi connectivity index (χ4n) is 2.72. The standard InChI is InChI=1S/C16H26N2O2/c1-16(2,18-8-11-20-12-9-18)13-14-3-5-15(6-4-14)17-7-10-19/h3-6,17,19H,7-13H2,1-2H3. The third-order valence-corrected chi connectivity index (χ3v) is 3.90. The molecule has 0 aromatic heterocycles. The SMILES string of the molecule is CC(C)(Cc1ccc(NCCO)cc1)N1CCOCC1. The third-order valence-electron chi connectivity index (χ3n) is 3.90. The molecule has 0 saturated carbocycles. The Labute approximate surface area is 121 Å². The minimum Gasteiger partial charge on any atom is -0.395 e. The van der Waals surface area contributed by atoms with E-state index < -0.39 is 0 Å². The van der Waals surface area contributed by atoms with Crippen molar-refractivity contribution in [1.82, 2.24) is 4.90 Å². The van der Waals surface area contributed by atoms with Crippen molar-refractivity contribution in [2.24, 2.45) is 0 Å². The molecule has 1 aliphatic heterocycles. The quantitative estimate of drug-likeness (QED) is 0.832. The zero-order valence-corrected chi connectivity index (χ0v) is 12.6. The first-order valence-corrected chi connectivity index (χ1v) is 7.38. The first kappa shape index (κ1) is 15.3. The highest BCUT2D eigenvalue weighted by Crippen LogP contribution is 2.22. The number of hydrogen-bond acceptors (Lipinski definition) is 4. The van der Waals surface area contributed by atoms with Crippen LogP contribution in [0.2, 0.25) is 0 Å². The minimum atomic E-state index is 0.157. The van der Waals surface area contributed by atoms with Crippen molar-refractivity contribution in [2.75, 3.05) is 44.8 Å². The average Bonchev–Trinajstić information content (AvgIpc) is 2.47. The summed E-state index contributed by atoms with van der Waals surface area (Å²) in [6, 6.07) is 8.50. The summed E-state index contributed by atoms with van der Waals surface area (Å²) in [5, 5.41) is 12.0. The smallest absolute Gasteiger partial charge is 0.0604 e. The second-order valence-corrected chi connectivity index (χ2v) is 5.94. The number of morpholine rings is 1. The van der Waals surface area contributed by atoms with Crippen LogP contribution >= 0.6 is 0 Å². The fraction of sp³-hybridized carbons (Fsp3) is 0.625. The van der Waals surface area contributed by atoms with Gasteiger partial charge in [0.05, 0.1) is 19.8 Å². The topological polar surface area (TPSA) is 44.7 Å². The summed E-state index contributed by atoms with van der Waals surface area (Å²) in [5.74, 6) is 0. The van der Waals surface area contributed by atoms with Gasteiger partial charge in [0, 0.05) is 30.9 Å². The summed E-state index contributed by atoms with van der Waals surface area (Å²) in [5.41, 5.74) is 2.56. The first-order chi connectivity index (χ1) is 9.62. The van der Waals surface area contributed by atoms with Gasteiger partial charge in [0.15, 0.2) is 0 Å². The molecule has 0 atom stereocenters. The molecule has 1 heterocycles. The van der Waals surface area contributed by atoms with Crippen LogP contribution in [0.25, 0.3) is 0 Å². The maximum absolute atomic E-state index is 8.80. The zero-order chi connectivity index (χ0) is 14.4. The minimum absolute atomic E-state index is 0.157. The van der Waals surface area contributed by atoms with Crippen LogP contribution in [-0.4, -0.2) is 55.0 Å². The monoisotopic (exact) mass is 278 g/mol. The molecule has 0 spiro atoms. The van der Waals surface area contributed by atoms with Crippen molar-refractivity contribution >= 4 is 5.69 Å². The molecule has 20 heavy (non-hydrogen) atoms. The number of benzene rings is 1. The van der Waals surface area contributed by atoms with Crippen LogP contribution in [0.3, 0.4) is 0 Å². The molecule has 0 radical (unpaired) electrons. The Morgan fingerprint density at radius 2 is 1.85 bits per heavy atom. The van der Waals surface area contributed by atoms with Gasteiger partial charge < -0.3 is 15.2 Å². The third kappa shape index (κ3) is 4.20. The highest BCUT2D eigenvalue weighted by molar-refractivity contribution is 5.44. The molecule has 0 unspecified atom stereocenters. The molecule has 4 nitrogen and oxygen atoms in total. The number of aliphatic hydroxyl groups excluding tert-OH is 1. The molecule has 112 valence electrons. The lowest BCUT2D eigenvalue weighted by atomic mass is 9.92. The number of nitrogens with one attached hydrogen (secondary N) is 1. The largest absolute Gasteiger partial charge is 0.395 e. The normalized spacial score (nSPS) is 17.1. The van der Waals surface area contributed by atoms with Crippen molar-refractivity contribution in [3.63, 3.8) is 0 Å². The van der Waals surface area contributed by atoms with Gasteiger partial charge in [0.2, 0.25) is 0 Å².